The van der Waals surface area contributed by atoms with E-state index in [9.17, 15) is 33.9 Å². The molecule has 0 aromatic heterocycles. The highest BCUT2D eigenvalue weighted by Crippen LogP contribution is 2.21. The molecule has 2 aliphatic heterocycles. The van der Waals surface area contributed by atoms with Crippen LogP contribution in [0.4, 0.5) is 0 Å². The normalized spacial score (nSPS) is 18.1. The third-order valence-corrected chi connectivity index (χ3v) is 7.38. The van der Waals surface area contributed by atoms with Gasteiger partial charge in [-0.3, -0.25) is 24.0 Å². The molecular weight excluding hydrogens is 534 g/mol. The number of carbonyl (C=O) groups is 6. The number of hydrogen-bond donors (Lipinski definition) is 5. The molecule has 0 unspecified atom stereocenters. The number of ether oxygens (including phenoxy) is 1. The van der Waals surface area contributed by atoms with E-state index >= 15 is 0 Å². The van der Waals surface area contributed by atoms with Crippen molar-refractivity contribution < 1.29 is 38.6 Å². The fourth-order valence-electron chi connectivity index (χ4n) is 5.06. The summed E-state index contributed by atoms with van der Waals surface area (Å²) in [7, 11) is 1.24. The van der Waals surface area contributed by atoms with E-state index in [0.717, 1.165) is 32.4 Å². The molecule has 1 aromatic rings. The van der Waals surface area contributed by atoms with Crippen LogP contribution in [0.3, 0.4) is 0 Å². The number of methoxy groups -OCH3 is 1. The first-order chi connectivity index (χ1) is 19.7. The Morgan fingerprint density at radius 1 is 1.02 bits per heavy atom. The number of hydrogen-bond acceptors (Lipinski definition) is 8. The molecule has 0 aliphatic carbocycles. The fraction of sp³-hybridized carbons (Fsp3) is 0.571. The SMILES string of the molecule is COC(=O)c1ccc(C(=O)NCC(=O)N[C@@H](CC(=O)O)NC(=O)[C@@H]2CCCN(C(=O)CCC3CCNCC3)C2)cc1. The van der Waals surface area contributed by atoms with Gasteiger partial charge in [0.15, 0.2) is 0 Å². The molecule has 41 heavy (non-hydrogen) atoms. The Bertz CT molecular complexity index is 1100. The van der Waals surface area contributed by atoms with Gasteiger partial charge in [0.1, 0.15) is 6.17 Å². The summed E-state index contributed by atoms with van der Waals surface area (Å²) in [5.74, 6) is -3.48. The van der Waals surface area contributed by atoms with Crippen molar-refractivity contribution in [1.29, 1.82) is 0 Å². The van der Waals surface area contributed by atoms with Crippen LogP contribution in [0, 0.1) is 11.8 Å². The van der Waals surface area contributed by atoms with E-state index in [4.69, 9.17) is 0 Å². The quantitative estimate of drug-likeness (QED) is 0.173. The molecule has 2 heterocycles. The number of amides is 4. The lowest BCUT2D eigenvalue weighted by Crippen LogP contribution is -2.54. The lowest BCUT2D eigenvalue weighted by Gasteiger charge is -2.33. The van der Waals surface area contributed by atoms with Gasteiger partial charge in [0.2, 0.25) is 17.7 Å². The summed E-state index contributed by atoms with van der Waals surface area (Å²) in [5, 5.41) is 20.0. The van der Waals surface area contributed by atoms with Crippen LogP contribution in [0.5, 0.6) is 0 Å². The molecule has 2 saturated heterocycles. The maximum Gasteiger partial charge on any atom is 0.337 e. The summed E-state index contributed by atoms with van der Waals surface area (Å²) in [6.07, 6.45) is 2.82. The number of aliphatic carboxylic acids is 1. The predicted octanol–water partition coefficient (Wildman–Crippen LogP) is 0.255. The largest absolute Gasteiger partial charge is 0.481 e. The second kappa shape index (κ2) is 15.7. The minimum absolute atomic E-state index is 0.0205. The maximum atomic E-state index is 13.0. The lowest BCUT2D eigenvalue weighted by molar-refractivity contribution is -0.138. The summed E-state index contributed by atoms with van der Waals surface area (Å²) < 4.78 is 4.61. The van der Waals surface area contributed by atoms with E-state index in [1.807, 2.05) is 0 Å². The molecule has 13 nitrogen and oxygen atoms in total. The number of rotatable bonds is 12. The van der Waals surface area contributed by atoms with Crippen LogP contribution in [-0.4, -0.2) is 91.6 Å². The number of piperidine rings is 2. The van der Waals surface area contributed by atoms with Crippen molar-refractivity contribution in [1.82, 2.24) is 26.2 Å². The van der Waals surface area contributed by atoms with Gasteiger partial charge in [-0.15, -0.1) is 0 Å². The number of nitrogens with one attached hydrogen (secondary N) is 4. The summed E-state index contributed by atoms with van der Waals surface area (Å²) >= 11 is 0. The molecule has 0 saturated carbocycles. The van der Waals surface area contributed by atoms with Gasteiger partial charge in [-0.05, 0) is 75.4 Å². The van der Waals surface area contributed by atoms with Gasteiger partial charge < -0.3 is 36.0 Å². The van der Waals surface area contributed by atoms with Crippen LogP contribution in [0.2, 0.25) is 0 Å². The molecule has 224 valence electrons. The van der Waals surface area contributed by atoms with Crippen LogP contribution in [0.15, 0.2) is 24.3 Å². The Morgan fingerprint density at radius 3 is 2.37 bits per heavy atom. The molecule has 0 spiro atoms. The Labute approximate surface area is 238 Å². The Hall–Kier alpha value is -4.00. The van der Waals surface area contributed by atoms with Crippen LogP contribution in [0.25, 0.3) is 0 Å². The first-order valence-corrected chi connectivity index (χ1v) is 13.9. The first-order valence-electron chi connectivity index (χ1n) is 13.9. The summed E-state index contributed by atoms with van der Waals surface area (Å²) in [6, 6.07) is 5.62. The number of benzene rings is 1. The van der Waals surface area contributed by atoms with Crippen LogP contribution < -0.4 is 21.3 Å². The number of carboxylic acids is 1. The van der Waals surface area contributed by atoms with Crippen molar-refractivity contribution in [3.63, 3.8) is 0 Å². The summed E-state index contributed by atoms with van der Waals surface area (Å²) in [5.41, 5.74) is 0.463. The highest BCUT2D eigenvalue weighted by molar-refractivity contribution is 5.98. The van der Waals surface area contributed by atoms with Crippen molar-refractivity contribution >= 4 is 35.6 Å². The Balaban J connectivity index is 1.47. The highest BCUT2D eigenvalue weighted by Gasteiger charge is 2.30. The molecule has 3 rings (SSSR count). The second-order valence-corrected chi connectivity index (χ2v) is 10.4. The molecule has 5 N–H and O–H groups in total. The average molecular weight is 574 g/mol. The van der Waals surface area contributed by atoms with Crippen molar-refractivity contribution in [3.05, 3.63) is 35.4 Å². The number of esters is 1. The zero-order chi connectivity index (χ0) is 29.8. The zero-order valence-corrected chi connectivity index (χ0v) is 23.3. The Morgan fingerprint density at radius 2 is 1.71 bits per heavy atom. The average Bonchev–Trinajstić information content (AvgIpc) is 2.98. The van der Waals surface area contributed by atoms with Crippen molar-refractivity contribution in [2.75, 3.05) is 39.8 Å². The van der Waals surface area contributed by atoms with Crippen molar-refractivity contribution in [2.24, 2.45) is 11.8 Å². The predicted molar refractivity (Wildman–Crippen MR) is 147 cm³/mol. The smallest absolute Gasteiger partial charge is 0.337 e. The molecule has 4 amide bonds. The third-order valence-electron chi connectivity index (χ3n) is 7.38. The monoisotopic (exact) mass is 573 g/mol. The molecule has 1 aromatic carbocycles. The maximum absolute atomic E-state index is 13.0. The number of likely N-dealkylation sites (tertiary alicyclic amines) is 1. The van der Waals surface area contributed by atoms with E-state index in [1.54, 1.807) is 4.90 Å². The van der Waals surface area contributed by atoms with E-state index in [0.29, 0.717) is 31.7 Å². The lowest BCUT2D eigenvalue weighted by atomic mass is 9.92. The number of carbonyl (C=O) groups excluding carboxylic acids is 5. The minimum atomic E-state index is -1.23. The van der Waals surface area contributed by atoms with E-state index < -0.39 is 54.7 Å². The molecule has 0 radical (unpaired) electrons. The molecule has 2 atom stereocenters. The number of nitrogens with zero attached hydrogens (tertiary/aromatic N) is 1. The third kappa shape index (κ3) is 10.2. The summed E-state index contributed by atoms with van der Waals surface area (Å²) in [4.78, 5) is 75.2. The highest BCUT2D eigenvalue weighted by atomic mass is 16.5. The zero-order valence-electron chi connectivity index (χ0n) is 23.3. The molecule has 2 fully saturated rings. The second-order valence-electron chi connectivity index (χ2n) is 10.4. The van der Waals surface area contributed by atoms with Crippen molar-refractivity contribution in [2.45, 2.75) is 51.1 Å². The first kappa shape index (κ1) is 31.5. The molecule has 2 aliphatic rings. The minimum Gasteiger partial charge on any atom is -0.481 e. The van der Waals surface area contributed by atoms with Gasteiger partial charge in [0, 0.05) is 25.1 Å². The van der Waals surface area contributed by atoms with Crippen LogP contribution in [0.1, 0.15) is 65.7 Å². The van der Waals surface area contributed by atoms with Gasteiger partial charge >= 0.3 is 11.9 Å². The van der Waals surface area contributed by atoms with E-state index in [2.05, 4.69) is 26.0 Å². The molecule has 0 bridgehead atoms. The van der Waals surface area contributed by atoms with Crippen LogP contribution in [-0.2, 0) is 23.9 Å². The standard InChI is InChI=1S/C28H39N5O8/c1-41-28(40)20-7-5-19(6-8-20)26(38)30-16-23(34)31-22(15-25(36)37)32-27(39)21-3-2-14-33(17-21)24(35)9-4-18-10-12-29-13-11-18/h5-8,18,21-22,29H,2-4,9-17H2,1H3,(H,30,38)(H,31,34)(H,32,39)(H,36,37)/t21-,22-/m1/s1. The van der Waals surface area contributed by atoms with E-state index in [-0.39, 0.29) is 23.6 Å². The van der Waals surface area contributed by atoms with Crippen molar-refractivity contribution in [3.8, 4) is 0 Å². The number of carboxylic acid groups (broad SMARTS) is 1. The van der Waals surface area contributed by atoms with E-state index in [1.165, 1.54) is 31.4 Å². The van der Waals surface area contributed by atoms with Gasteiger partial charge in [0.25, 0.3) is 5.91 Å². The Kier molecular flexibility index (Phi) is 12.1. The van der Waals surface area contributed by atoms with Gasteiger partial charge in [-0.1, -0.05) is 0 Å². The molecular formula is C28H39N5O8. The summed E-state index contributed by atoms with van der Waals surface area (Å²) in [6.45, 7) is 2.30. The van der Waals surface area contributed by atoms with Gasteiger partial charge in [-0.2, -0.15) is 0 Å². The van der Waals surface area contributed by atoms with Gasteiger partial charge in [-0.25, -0.2) is 4.79 Å². The molecule has 13 heteroatoms. The van der Waals surface area contributed by atoms with Gasteiger partial charge in [0.05, 0.1) is 31.6 Å². The van der Waals surface area contributed by atoms with Crippen LogP contribution >= 0.6 is 0 Å². The fourth-order valence-corrected chi connectivity index (χ4v) is 5.06. The topological polar surface area (TPSA) is 183 Å².